The zero-order valence-electron chi connectivity index (χ0n) is 6.10. The van der Waals surface area contributed by atoms with E-state index in [0.717, 1.165) is 11.3 Å². The molecule has 0 spiro atoms. The van der Waals surface area contributed by atoms with Crippen molar-refractivity contribution in [3.8, 4) is 0 Å². The Morgan fingerprint density at radius 1 is 1.55 bits per heavy atom. The van der Waals surface area contributed by atoms with Gasteiger partial charge in [0.15, 0.2) is 0 Å². The van der Waals surface area contributed by atoms with Crippen molar-refractivity contribution >= 4 is 23.7 Å². The zero-order chi connectivity index (χ0) is 8.27. The molecule has 0 saturated carbocycles. The van der Waals surface area contributed by atoms with Crippen molar-refractivity contribution < 1.29 is 4.79 Å². The third-order valence-corrected chi connectivity index (χ3v) is 1.89. The molecule has 0 aliphatic heterocycles. The molecule has 1 aromatic rings. The number of anilines is 1. The average Bonchev–Trinajstić information content (AvgIpc) is 1.99. The van der Waals surface area contributed by atoms with Crippen LogP contribution in [0.4, 0.5) is 5.69 Å². The van der Waals surface area contributed by atoms with E-state index in [1.165, 1.54) is 0 Å². The number of halogens is 1. The Labute approximate surface area is 70.2 Å². The van der Waals surface area contributed by atoms with Gasteiger partial charge in [-0.1, -0.05) is 17.7 Å². The molecule has 1 N–H and O–H groups in total. The topological polar surface area (TPSA) is 29.1 Å². The first-order valence-corrected chi connectivity index (χ1v) is 3.59. The quantitative estimate of drug-likeness (QED) is 0.676. The van der Waals surface area contributed by atoms with E-state index in [9.17, 15) is 4.79 Å². The summed E-state index contributed by atoms with van der Waals surface area (Å²) in [4.78, 5) is 10.1. The highest BCUT2D eigenvalue weighted by Crippen LogP contribution is 2.21. The van der Waals surface area contributed by atoms with Crippen LogP contribution in [0.3, 0.4) is 0 Å². The number of hydrogen-bond acceptors (Lipinski definition) is 1. The Morgan fingerprint density at radius 2 is 2.27 bits per heavy atom. The fourth-order valence-electron chi connectivity index (χ4n) is 0.827. The van der Waals surface area contributed by atoms with Crippen molar-refractivity contribution in [2.24, 2.45) is 0 Å². The number of benzene rings is 1. The van der Waals surface area contributed by atoms with Crippen LogP contribution < -0.4 is 5.32 Å². The summed E-state index contributed by atoms with van der Waals surface area (Å²) in [6, 6.07) is 5.38. The first kappa shape index (κ1) is 8.08. The molecule has 0 aliphatic carbocycles. The highest BCUT2D eigenvalue weighted by Gasteiger charge is 1.98. The van der Waals surface area contributed by atoms with Gasteiger partial charge in [-0.05, 0) is 24.6 Å². The molecule has 0 atom stereocenters. The van der Waals surface area contributed by atoms with Gasteiger partial charge in [0, 0.05) is 10.7 Å². The molecule has 0 aliphatic rings. The molecule has 0 aromatic heterocycles. The van der Waals surface area contributed by atoms with Crippen LogP contribution in [0.15, 0.2) is 18.2 Å². The lowest BCUT2D eigenvalue weighted by Gasteiger charge is -2.03. The fraction of sp³-hybridized carbons (Fsp3) is 0.125. The lowest BCUT2D eigenvalue weighted by Crippen LogP contribution is -1.95. The molecule has 58 valence electrons. The lowest BCUT2D eigenvalue weighted by molar-refractivity contribution is -0.105. The highest BCUT2D eigenvalue weighted by molar-refractivity contribution is 6.31. The summed E-state index contributed by atoms with van der Waals surface area (Å²) in [5.74, 6) is 0. The van der Waals surface area contributed by atoms with E-state index >= 15 is 0 Å². The summed E-state index contributed by atoms with van der Waals surface area (Å²) in [6.45, 7) is 1.86. The summed E-state index contributed by atoms with van der Waals surface area (Å²) in [5, 5.41) is 3.22. The van der Waals surface area contributed by atoms with Crippen LogP contribution in [0.25, 0.3) is 0 Å². The number of nitrogens with one attached hydrogen (secondary N) is 1. The SMILES string of the molecule is Cc1c(Cl)cccc1NC=O. The first-order valence-electron chi connectivity index (χ1n) is 3.21. The summed E-state index contributed by atoms with van der Waals surface area (Å²) >= 11 is 5.79. The van der Waals surface area contributed by atoms with Crippen LogP contribution in [0.2, 0.25) is 5.02 Å². The molecular weight excluding hydrogens is 162 g/mol. The van der Waals surface area contributed by atoms with Gasteiger partial charge in [0.05, 0.1) is 0 Å². The van der Waals surface area contributed by atoms with E-state index in [1.54, 1.807) is 18.2 Å². The smallest absolute Gasteiger partial charge is 0.211 e. The Hall–Kier alpha value is -1.02. The zero-order valence-corrected chi connectivity index (χ0v) is 6.85. The largest absolute Gasteiger partial charge is 0.328 e. The van der Waals surface area contributed by atoms with Crippen LogP contribution in [0, 0.1) is 6.92 Å². The maximum absolute atomic E-state index is 10.1. The van der Waals surface area contributed by atoms with Crippen molar-refractivity contribution in [3.63, 3.8) is 0 Å². The predicted molar refractivity (Wildman–Crippen MR) is 45.9 cm³/mol. The van der Waals surface area contributed by atoms with Crippen molar-refractivity contribution in [1.29, 1.82) is 0 Å². The molecule has 0 unspecified atom stereocenters. The number of carbonyl (C=O) groups is 1. The van der Waals surface area contributed by atoms with Crippen LogP contribution in [-0.2, 0) is 4.79 Å². The summed E-state index contributed by atoms with van der Waals surface area (Å²) in [5.41, 5.74) is 1.65. The predicted octanol–water partition coefficient (Wildman–Crippen LogP) is 2.22. The van der Waals surface area contributed by atoms with Gasteiger partial charge in [0.1, 0.15) is 0 Å². The minimum absolute atomic E-state index is 0.638. The Morgan fingerprint density at radius 3 is 2.91 bits per heavy atom. The molecule has 0 heterocycles. The molecule has 0 radical (unpaired) electrons. The number of amides is 1. The van der Waals surface area contributed by atoms with Gasteiger partial charge in [-0.2, -0.15) is 0 Å². The molecule has 0 fully saturated rings. The molecule has 0 bridgehead atoms. The van der Waals surface area contributed by atoms with Crippen LogP contribution in [0.1, 0.15) is 5.56 Å². The van der Waals surface area contributed by atoms with Gasteiger partial charge < -0.3 is 5.32 Å². The minimum Gasteiger partial charge on any atom is -0.328 e. The Balaban J connectivity index is 3.05. The first-order chi connectivity index (χ1) is 5.25. The Bertz CT molecular complexity index is 273. The fourth-order valence-corrected chi connectivity index (χ4v) is 1.00. The van der Waals surface area contributed by atoms with E-state index in [-0.39, 0.29) is 0 Å². The van der Waals surface area contributed by atoms with Crippen molar-refractivity contribution in [1.82, 2.24) is 0 Å². The molecule has 1 rings (SSSR count). The number of rotatable bonds is 2. The van der Waals surface area contributed by atoms with Gasteiger partial charge in [-0.3, -0.25) is 4.79 Å². The minimum atomic E-state index is 0.638. The maximum Gasteiger partial charge on any atom is 0.211 e. The van der Waals surface area contributed by atoms with Crippen LogP contribution in [0.5, 0.6) is 0 Å². The maximum atomic E-state index is 10.1. The summed E-state index contributed by atoms with van der Waals surface area (Å²) < 4.78 is 0. The highest BCUT2D eigenvalue weighted by atomic mass is 35.5. The van der Waals surface area contributed by atoms with Gasteiger partial charge in [0.25, 0.3) is 0 Å². The van der Waals surface area contributed by atoms with E-state index in [0.29, 0.717) is 11.4 Å². The molecule has 1 amide bonds. The summed E-state index contributed by atoms with van der Waals surface area (Å²) in [6.07, 6.45) is 0.638. The van der Waals surface area contributed by atoms with Crippen LogP contribution in [-0.4, -0.2) is 6.41 Å². The van der Waals surface area contributed by atoms with Gasteiger partial charge >= 0.3 is 0 Å². The van der Waals surface area contributed by atoms with E-state index in [2.05, 4.69) is 5.32 Å². The van der Waals surface area contributed by atoms with Gasteiger partial charge in [-0.15, -0.1) is 0 Å². The average molecular weight is 170 g/mol. The third-order valence-electron chi connectivity index (χ3n) is 1.48. The van der Waals surface area contributed by atoms with Crippen molar-refractivity contribution in [3.05, 3.63) is 28.8 Å². The van der Waals surface area contributed by atoms with Crippen molar-refractivity contribution in [2.45, 2.75) is 6.92 Å². The molecule has 3 heteroatoms. The standard InChI is InChI=1S/C8H8ClNO/c1-6-7(9)3-2-4-8(6)10-5-11/h2-5H,1H3,(H,10,11). The van der Waals surface area contributed by atoms with E-state index < -0.39 is 0 Å². The molecule has 2 nitrogen and oxygen atoms in total. The second-order valence-corrected chi connectivity index (χ2v) is 2.58. The third kappa shape index (κ3) is 1.71. The van der Waals surface area contributed by atoms with E-state index in [1.807, 2.05) is 6.92 Å². The van der Waals surface area contributed by atoms with Crippen molar-refractivity contribution in [2.75, 3.05) is 5.32 Å². The molecule has 1 aromatic carbocycles. The monoisotopic (exact) mass is 169 g/mol. The lowest BCUT2D eigenvalue weighted by atomic mass is 10.2. The second kappa shape index (κ2) is 3.39. The second-order valence-electron chi connectivity index (χ2n) is 2.17. The Kier molecular flexibility index (Phi) is 2.49. The van der Waals surface area contributed by atoms with Crippen LogP contribution >= 0.6 is 11.6 Å². The number of hydrogen-bond donors (Lipinski definition) is 1. The van der Waals surface area contributed by atoms with Gasteiger partial charge in [-0.25, -0.2) is 0 Å². The molecule has 0 saturated heterocycles. The number of carbonyl (C=O) groups excluding carboxylic acids is 1. The molecular formula is C8H8ClNO. The van der Waals surface area contributed by atoms with Gasteiger partial charge in [0.2, 0.25) is 6.41 Å². The summed E-state index contributed by atoms with van der Waals surface area (Å²) in [7, 11) is 0. The molecule has 11 heavy (non-hydrogen) atoms. The van der Waals surface area contributed by atoms with E-state index in [4.69, 9.17) is 11.6 Å². The normalized spacial score (nSPS) is 9.27.